The monoisotopic (exact) mass is 654 g/mol. The minimum atomic E-state index is -0.876. The molecule has 0 unspecified atom stereocenters. The second kappa shape index (κ2) is 10.9. The van der Waals surface area contributed by atoms with E-state index in [-0.39, 0.29) is 33.0 Å². The number of nitrogens with one attached hydrogen (secondary N) is 1. The standard InChI is InChI=1S/C41H54N2O3S/c1-24(2)28-15-20-41(35(46)43-36-42-23-25(3)47-36)22-21-39(7)30(33(28)41)13-14-32-38(6)18-16-29(26-9-11-27(12-10-26)34(44)45)37(4,5)31(38)17-19-40(32,39)8/h9-12,16,23,28,30-33H,1,13-15,17-22H2,2-8H3,(H,44,45)(H,42,43,46)/t28-,30+,31-,32+,33+,38-,39+,40+,41-/m0/s1. The molecule has 9 atom stereocenters. The van der Waals surface area contributed by atoms with Crippen molar-refractivity contribution in [3.05, 3.63) is 64.7 Å². The van der Waals surface area contributed by atoms with E-state index in [1.165, 1.54) is 36.8 Å². The van der Waals surface area contributed by atoms with E-state index < -0.39 is 5.97 Å². The summed E-state index contributed by atoms with van der Waals surface area (Å²) >= 11 is 1.58. The van der Waals surface area contributed by atoms with Crippen LogP contribution in [0.1, 0.15) is 120 Å². The lowest BCUT2D eigenvalue weighted by atomic mass is 9.32. The molecule has 6 heteroatoms. The molecule has 0 aliphatic heterocycles. The number of carboxylic acid groups (broad SMARTS) is 1. The summed E-state index contributed by atoms with van der Waals surface area (Å²) in [4.78, 5) is 31.6. The molecule has 5 aliphatic rings. The molecule has 2 aromatic rings. The van der Waals surface area contributed by atoms with Gasteiger partial charge in [0.2, 0.25) is 5.91 Å². The Balaban J connectivity index is 1.22. The van der Waals surface area contributed by atoms with Gasteiger partial charge in [-0.3, -0.25) is 4.79 Å². The van der Waals surface area contributed by atoms with Crippen molar-refractivity contribution in [1.29, 1.82) is 0 Å². The molecule has 7 rings (SSSR count). The van der Waals surface area contributed by atoms with E-state index >= 15 is 0 Å². The van der Waals surface area contributed by atoms with Crippen molar-refractivity contribution in [2.45, 2.75) is 106 Å². The lowest BCUT2D eigenvalue weighted by Gasteiger charge is -2.72. The number of thiazole rings is 1. The minimum absolute atomic E-state index is 0.0126. The van der Waals surface area contributed by atoms with Crippen LogP contribution < -0.4 is 5.32 Å². The third-order valence-corrected chi connectivity index (χ3v) is 16.2. The van der Waals surface area contributed by atoms with Gasteiger partial charge in [-0.1, -0.05) is 65.0 Å². The summed E-state index contributed by atoms with van der Waals surface area (Å²) in [5.74, 6) is 1.71. The first-order valence-corrected chi connectivity index (χ1v) is 18.8. The zero-order valence-electron chi connectivity index (χ0n) is 29.5. The van der Waals surface area contributed by atoms with Crippen LogP contribution in [0.4, 0.5) is 5.13 Å². The maximum Gasteiger partial charge on any atom is 0.335 e. The number of aryl methyl sites for hydroxylation is 1. The van der Waals surface area contributed by atoms with Crippen molar-refractivity contribution in [3.8, 4) is 0 Å². The summed E-state index contributed by atoms with van der Waals surface area (Å²) in [6.07, 6.45) is 14.3. The Labute approximate surface area is 285 Å². The molecule has 252 valence electrons. The van der Waals surface area contributed by atoms with E-state index in [1.807, 2.05) is 25.3 Å². The number of fused-ring (bicyclic) bond motifs is 7. The van der Waals surface area contributed by atoms with Crippen molar-refractivity contribution in [1.82, 2.24) is 4.98 Å². The number of aromatic carboxylic acids is 1. The molecule has 47 heavy (non-hydrogen) atoms. The SMILES string of the molecule is C=C(C)[C@@H]1CC[C@]2(C(=O)Nc3ncc(C)s3)CC[C@]3(C)[C@H](CC[C@@H]4[C@@]5(C)CC=C(c6ccc(C(=O)O)cc6)C(C)(C)[C@@H]5CC[C@]43C)[C@@H]12. The van der Waals surface area contributed by atoms with Gasteiger partial charge >= 0.3 is 5.97 Å². The highest BCUT2D eigenvalue weighted by Gasteiger charge is 2.71. The Bertz CT molecular complexity index is 1650. The quantitative estimate of drug-likeness (QED) is 0.315. The van der Waals surface area contributed by atoms with Gasteiger partial charge in [-0.2, -0.15) is 0 Å². The van der Waals surface area contributed by atoms with E-state index in [1.54, 1.807) is 23.5 Å². The zero-order valence-corrected chi connectivity index (χ0v) is 30.4. The summed E-state index contributed by atoms with van der Waals surface area (Å²) in [5, 5.41) is 13.5. The van der Waals surface area contributed by atoms with Gasteiger partial charge in [0.15, 0.2) is 5.13 Å². The number of carboxylic acids is 1. The number of nitrogens with zero attached hydrogens (tertiary/aromatic N) is 1. The van der Waals surface area contributed by atoms with Crippen molar-refractivity contribution in [2.24, 2.45) is 56.7 Å². The maximum atomic E-state index is 14.4. The first-order valence-electron chi connectivity index (χ1n) is 18.0. The topological polar surface area (TPSA) is 79.3 Å². The second-order valence-corrected chi connectivity index (χ2v) is 18.7. The van der Waals surface area contributed by atoms with E-state index in [9.17, 15) is 14.7 Å². The Morgan fingerprint density at radius 3 is 2.30 bits per heavy atom. The van der Waals surface area contributed by atoms with Gasteiger partial charge in [-0.15, -0.1) is 11.3 Å². The molecular formula is C41H54N2O3S. The average Bonchev–Trinajstić information content (AvgIpc) is 3.61. The van der Waals surface area contributed by atoms with Gasteiger partial charge in [0.1, 0.15) is 0 Å². The van der Waals surface area contributed by atoms with Gasteiger partial charge in [0, 0.05) is 11.1 Å². The van der Waals surface area contributed by atoms with Crippen molar-refractivity contribution in [3.63, 3.8) is 0 Å². The van der Waals surface area contributed by atoms with Gasteiger partial charge < -0.3 is 10.4 Å². The van der Waals surface area contributed by atoms with Crippen LogP contribution in [-0.4, -0.2) is 22.0 Å². The molecule has 0 bridgehead atoms. The molecule has 1 heterocycles. The molecular weight excluding hydrogens is 601 g/mol. The maximum absolute atomic E-state index is 14.4. The molecule has 0 radical (unpaired) electrons. The van der Waals surface area contributed by atoms with Crippen LogP contribution in [0.5, 0.6) is 0 Å². The number of benzene rings is 1. The molecule has 1 amide bonds. The van der Waals surface area contributed by atoms with Gasteiger partial charge in [0.25, 0.3) is 0 Å². The number of allylic oxidation sites excluding steroid dienone is 3. The summed E-state index contributed by atoms with van der Waals surface area (Å²) < 4.78 is 0. The average molecular weight is 655 g/mol. The highest BCUT2D eigenvalue weighted by Crippen LogP contribution is 2.77. The van der Waals surface area contributed by atoms with Crippen LogP contribution in [0.3, 0.4) is 0 Å². The normalized spacial score (nSPS) is 40.2. The number of carbonyl (C=O) groups excluding carboxylic acids is 1. The van der Waals surface area contributed by atoms with Gasteiger partial charge in [-0.05, 0) is 146 Å². The van der Waals surface area contributed by atoms with Crippen LogP contribution in [0.15, 0.2) is 48.7 Å². The third kappa shape index (κ3) is 4.55. The van der Waals surface area contributed by atoms with E-state index in [0.29, 0.717) is 35.2 Å². The number of anilines is 1. The zero-order chi connectivity index (χ0) is 33.7. The summed E-state index contributed by atoms with van der Waals surface area (Å²) in [6, 6.07) is 7.54. The summed E-state index contributed by atoms with van der Waals surface area (Å²) in [7, 11) is 0. The molecule has 4 fully saturated rings. The Morgan fingerprint density at radius 1 is 0.936 bits per heavy atom. The fourth-order valence-electron chi connectivity index (χ4n) is 13.1. The molecule has 0 saturated heterocycles. The minimum Gasteiger partial charge on any atom is -0.478 e. The van der Waals surface area contributed by atoms with Crippen molar-refractivity contribution < 1.29 is 14.7 Å². The summed E-state index contributed by atoms with van der Waals surface area (Å²) in [6.45, 7) is 21.5. The first kappa shape index (κ1) is 32.8. The molecule has 4 saturated carbocycles. The van der Waals surface area contributed by atoms with Crippen LogP contribution in [0, 0.1) is 63.6 Å². The highest BCUT2D eigenvalue weighted by atomic mass is 32.1. The number of rotatable bonds is 5. The van der Waals surface area contributed by atoms with Crippen LogP contribution in [0.25, 0.3) is 5.57 Å². The lowest BCUT2D eigenvalue weighted by Crippen LogP contribution is -2.66. The number of hydrogen-bond donors (Lipinski definition) is 2. The number of hydrogen-bond acceptors (Lipinski definition) is 4. The second-order valence-electron chi connectivity index (χ2n) is 17.5. The van der Waals surface area contributed by atoms with E-state index in [2.05, 4.69) is 64.5 Å². The van der Waals surface area contributed by atoms with Gasteiger partial charge in [-0.25, -0.2) is 9.78 Å². The molecule has 1 aromatic carbocycles. The van der Waals surface area contributed by atoms with Crippen molar-refractivity contribution >= 4 is 33.9 Å². The number of aromatic nitrogens is 1. The highest BCUT2D eigenvalue weighted by molar-refractivity contribution is 7.15. The van der Waals surface area contributed by atoms with Crippen molar-refractivity contribution in [2.75, 3.05) is 5.32 Å². The third-order valence-electron chi connectivity index (χ3n) is 15.4. The van der Waals surface area contributed by atoms with Crippen LogP contribution in [0.2, 0.25) is 0 Å². The number of amides is 1. The first-order chi connectivity index (χ1) is 22.1. The van der Waals surface area contributed by atoms with Crippen LogP contribution in [-0.2, 0) is 4.79 Å². The molecule has 1 aromatic heterocycles. The van der Waals surface area contributed by atoms with E-state index in [0.717, 1.165) is 47.7 Å². The molecule has 5 aliphatic carbocycles. The number of carbonyl (C=O) groups is 2. The van der Waals surface area contributed by atoms with E-state index in [4.69, 9.17) is 0 Å². The fraction of sp³-hybridized carbons (Fsp3) is 0.634. The molecule has 2 N–H and O–H groups in total. The van der Waals surface area contributed by atoms with Gasteiger partial charge in [0.05, 0.1) is 11.0 Å². The predicted molar refractivity (Wildman–Crippen MR) is 191 cm³/mol. The Hall–Kier alpha value is -2.73. The molecule has 0 spiro atoms. The largest absolute Gasteiger partial charge is 0.478 e. The molecule has 5 nitrogen and oxygen atoms in total. The summed E-state index contributed by atoms with van der Waals surface area (Å²) in [5.41, 5.74) is 4.32. The van der Waals surface area contributed by atoms with Crippen LogP contribution >= 0.6 is 11.3 Å². The Morgan fingerprint density at radius 2 is 1.66 bits per heavy atom. The lowest BCUT2D eigenvalue weighted by molar-refractivity contribution is -0.224. The smallest absolute Gasteiger partial charge is 0.335 e. The Kier molecular flexibility index (Phi) is 7.60. The fourth-order valence-corrected chi connectivity index (χ4v) is 13.7. The predicted octanol–water partition coefficient (Wildman–Crippen LogP) is 10.4.